The van der Waals surface area contributed by atoms with E-state index in [1.165, 1.54) is 31.9 Å². The van der Waals surface area contributed by atoms with Crippen molar-refractivity contribution >= 4 is 45.4 Å². The Morgan fingerprint density at radius 1 is 0.534 bits per heavy atom. The minimum Gasteiger partial charge on any atom is -0.478 e. The molecule has 2 N–H and O–H groups in total. The Bertz CT molecular complexity index is 2390. The maximum Gasteiger partial charge on any atom is 0.336 e. The van der Waals surface area contributed by atoms with Gasteiger partial charge in [-0.15, -0.1) is 0 Å². The Hall–Kier alpha value is -6.97. The van der Waals surface area contributed by atoms with Gasteiger partial charge in [-0.1, -0.05) is 127 Å². The predicted octanol–water partition coefficient (Wildman–Crippen LogP) is 9.45. The van der Waals surface area contributed by atoms with Gasteiger partial charge in [0.2, 0.25) is 0 Å². The summed E-state index contributed by atoms with van der Waals surface area (Å²) in [6.45, 7) is 4.50. The smallest absolute Gasteiger partial charge is 0.336 e. The fourth-order valence-electron chi connectivity index (χ4n) is 6.13. The van der Waals surface area contributed by atoms with Gasteiger partial charge in [0.05, 0.1) is 12.2 Å². The Morgan fingerprint density at radius 3 is 1.53 bits per heavy atom. The molecule has 0 amide bonds. The van der Waals surface area contributed by atoms with E-state index in [1.54, 1.807) is 18.5 Å². The monoisotopic (exact) mass is 777 g/mol. The van der Waals surface area contributed by atoms with Gasteiger partial charge in [0.1, 0.15) is 0 Å². The fourth-order valence-corrected chi connectivity index (χ4v) is 6.13. The molecule has 9 nitrogen and oxygen atoms in total. The molecule has 6 aromatic carbocycles. The van der Waals surface area contributed by atoms with Crippen molar-refractivity contribution in [3.8, 4) is 11.1 Å². The molecule has 9 heteroatoms. The predicted molar refractivity (Wildman–Crippen MR) is 227 cm³/mol. The largest absolute Gasteiger partial charge is 0.478 e. The molecule has 0 atom stereocenters. The molecule has 1 heterocycles. The maximum absolute atomic E-state index is 12.2. The van der Waals surface area contributed by atoms with E-state index in [2.05, 4.69) is 34.0 Å². The Balaban J connectivity index is 0.000000217. The van der Waals surface area contributed by atoms with Crippen LogP contribution in [0.25, 0.3) is 32.7 Å². The summed E-state index contributed by atoms with van der Waals surface area (Å²) in [5, 5.41) is 22.7. The van der Waals surface area contributed by atoms with E-state index in [9.17, 15) is 24.3 Å². The van der Waals surface area contributed by atoms with E-state index in [-0.39, 0.29) is 12.6 Å². The van der Waals surface area contributed by atoms with Crippen LogP contribution in [-0.2, 0) is 43.1 Å². The van der Waals surface area contributed by atoms with Crippen molar-refractivity contribution in [3.05, 3.63) is 186 Å². The van der Waals surface area contributed by atoms with E-state index in [1.807, 2.05) is 115 Å². The third-order valence-corrected chi connectivity index (χ3v) is 8.64. The standard InChI is InChI=1S/C27H19NO2.C10H12O2.C8H10O.C4H6O3/c29-27(30)24-12-11-20-6-2-4-8-23(20)26(24)25-21(17-18-13-15-28-16-14-18)10-9-19-5-1-3-7-22(19)25;1-9(11)12-8-7-10-5-3-2-4-6-10;9-7-6-8-4-2-1-3-5-8;1-3(5)7-4(2)6/h1-16H,17H2,(H,29,30);2-6H,7-8H2,1H3;1-5,9H,6-7H2;1-2H3. The van der Waals surface area contributed by atoms with Crippen molar-refractivity contribution < 1.29 is 38.9 Å². The minimum atomic E-state index is -0.918. The number of esters is 3. The van der Waals surface area contributed by atoms with Crippen LogP contribution in [0.4, 0.5) is 0 Å². The number of nitrogens with zero attached hydrogens (tertiary/aromatic N) is 1. The normalized spacial score (nSPS) is 10.1. The first kappa shape index (κ1) is 43.8. The van der Waals surface area contributed by atoms with E-state index in [4.69, 9.17) is 9.84 Å². The molecule has 1 aromatic heterocycles. The van der Waals surface area contributed by atoms with E-state index >= 15 is 0 Å². The molecule has 58 heavy (non-hydrogen) atoms. The molecule has 7 rings (SSSR count). The van der Waals surface area contributed by atoms with Gasteiger partial charge < -0.3 is 19.7 Å². The maximum atomic E-state index is 12.2. The van der Waals surface area contributed by atoms with Gasteiger partial charge in [-0.05, 0) is 80.4 Å². The van der Waals surface area contributed by atoms with Gasteiger partial charge in [0.15, 0.2) is 0 Å². The van der Waals surface area contributed by atoms with Crippen molar-refractivity contribution in [1.29, 1.82) is 0 Å². The molecule has 0 saturated heterocycles. The zero-order valence-corrected chi connectivity index (χ0v) is 32.8. The number of aromatic carboxylic acids is 1. The number of pyridine rings is 1. The Morgan fingerprint density at radius 2 is 1.03 bits per heavy atom. The minimum absolute atomic E-state index is 0.217. The van der Waals surface area contributed by atoms with Gasteiger partial charge in [-0.2, -0.15) is 0 Å². The van der Waals surface area contributed by atoms with Crippen LogP contribution in [0.5, 0.6) is 0 Å². The van der Waals surface area contributed by atoms with Gasteiger partial charge in [-0.25, -0.2) is 4.79 Å². The van der Waals surface area contributed by atoms with Crippen molar-refractivity contribution in [1.82, 2.24) is 4.98 Å². The molecular weight excluding hydrogens is 731 g/mol. The van der Waals surface area contributed by atoms with Crippen LogP contribution >= 0.6 is 0 Å². The summed E-state index contributed by atoms with van der Waals surface area (Å²) in [7, 11) is 0. The van der Waals surface area contributed by atoms with Gasteiger partial charge in [0, 0.05) is 51.8 Å². The van der Waals surface area contributed by atoms with Crippen LogP contribution in [0.2, 0.25) is 0 Å². The SMILES string of the molecule is CC(=O)OC(C)=O.CC(=O)OCCc1ccccc1.O=C(O)c1ccc2ccccc2c1-c1c(Cc2ccncc2)ccc2ccccc12.OCCc1ccccc1. The van der Waals surface area contributed by atoms with Crippen molar-refractivity contribution in [2.24, 2.45) is 0 Å². The van der Waals surface area contributed by atoms with Crippen molar-refractivity contribution in [2.45, 2.75) is 40.0 Å². The zero-order chi connectivity index (χ0) is 41.7. The highest BCUT2D eigenvalue weighted by atomic mass is 16.6. The lowest BCUT2D eigenvalue weighted by Crippen LogP contribution is -2.03. The van der Waals surface area contributed by atoms with Crippen LogP contribution < -0.4 is 0 Å². The zero-order valence-electron chi connectivity index (χ0n) is 32.8. The number of ether oxygens (including phenoxy) is 2. The molecule has 0 spiro atoms. The topological polar surface area (TPSA) is 140 Å². The number of aliphatic hydroxyl groups is 1. The number of hydrogen-bond donors (Lipinski definition) is 2. The van der Waals surface area contributed by atoms with Crippen molar-refractivity contribution in [3.63, 3.8) is 0 Å². The number of carbonyl (C=O) groups excluding carboxylic acids is 3. The van der Waals surface area contributed by atoms with E-state index < -0.39 is 17.9 Å². The number of carbonyl (C=O) groups is 4. The number of rotatable bonds is 9. The first-order valence-corrected chi connectivity index (χ1v) is 18.7. The van der Waals surface area contributed by atoms with Crippen LogP contribution in [0.1, 0.15) is 53.4 Å². The van der Waals surface area contributed by atoms with Crippen LogP contribution in [0.3, 0.4) is 0 Å². The number of aromatic nitrogens is 1. The number of benzene rings is 6. The molecule has 0 aliphatic rings. The number of carboxylic acid groups (broad SMARTS) is 1. The third-order valence-electron chi connectivity index (χ3n) is 8.64. The summed E-state index contributed by atoms with van der Waals surface area (Å²) in [6.07, 6.45) is 5.83. The second-order valence-corrected chi connectivity index (χ2v) is 13.0. The molecule has 0 fully saturated rings. The molecule has 296 valence electrons. The van der Waals surface area contributed by atoms with Crippen LogP contribution in [0, 0.1) is 0 Å². The lowest BCUT2D eigenvalue weighted by molar-refractivity contribution is -0.156. The molecule has 0 aliphatic carbocycles. The third kappa shape index (κ3) is 14.0. The fraction of sp³-hybridized carbons (Fsp3) is 0.163. The first-order valence-electron chi connectivity index (χ1n) is 18.7. The first-order chi connectivity index (χ1) is 28.1. The molecule has 0 bridgehead atoms. The summed E-state index contributed by atoms with van der Waals surface area (Å²) >= 11 is 0. The summed E-state index contributed by atoms with van der Waals surface area (Å²) in [5.74, 6) is -2.26. The number of hydrogen-bond acceptors (Lipinski definition) is 8. The highest BCUT2D eigenvalue weighted by Gasteiger charge is 2.20. The molecule has 7 aromatic rings. The second-order valence-electron chi connectivity index (χ2n) is 13.0. The highest BCUT2D eigenvalue weighted by molar-refractivity contribution is 6.13. The number of aliphatic hydroxyl groups excluding tert-OH is 1. The molecule has 0 saturated carbocycles. The summed E-state index contributed by atoms with van der Waals surface area (Å²) < 4.78 is 8.78. The Labute approximate surface area is 338 Å². The molecule has 0 aliphatic heterocycles. The molecule has 0 unspecified atom stereocenters. The van der Waals surface area contributed by atoms with Gasteiger partial charge in [-0.3, -0.25) is 19.4 Å². The average molecular weight is 778 g/mol. The lowest BCUT2D eigenvalue weighted by atomic mass is 9.85. The summed E-state index contributed by atoms with van der Waals surface area (Å²) in [6, 6.07) is 47.9. The average Bonchev–Trinajstić information content (AvgIpc) is 3.22. The van der Waals surface area contributed by atoms with E-state index in [0.29, 0.717) is 18.6 Å². The van der Waals surface area contributed by atoms with Crippen LogP contribution in [0.15, 0.2) is 158 Å². The summed E-state index contributed by atoms with van der Waals surface area (Å²) in [5.41, 5.74) is 6.71. The molecular formula is C49H47NO8. The quantitative estimate of drug-likeness (QED) is 0.108. The van der Waals surface area contributed by atoms with Crippen LogP contribution in [-0.4, -0.2) is 52.3 Å². The number of carboxylic acids is 1. The summed E-state index contributed by atoms with van der Waals surface area (Å²) in [4.78, 5) is 46.4. The molecule has 0 radical (unpaired) electrons. The second kappa shape index (κ2) is 23.2. The van der Waals surface area contributed by atoms with Gasteiger partial charge in [0.25, 0.3) is 0 Å². The van der Waals surface area contributed by atoms with Gasteiger partial charge >= 0.3 is 23.9 Å². The van der Waals surface area contributed by atoms with E-state index in [0.717, 1.165) is 56.6 Å². The highest BCUT2D eigenvalue weighted by Crippen LogP contribution is 2.40. The lowest BCUT2D eigenvalue weighted by Gasteiger charge is -2.18. The van der Waals surface area contributed by atoms with Crippen molar-refractivity contribution in [2.75, 3.05) is 13.2 Å². The Kier molecular flexibility index (Phi) is 17.5. The number of fused-ring (bicyclic) bond motifs is 2.